The molecule has 0 radical (unpaired) electrons. The minimum absolute atomic E-state index is 0.00635. The van der Waals surface area contributed by atoms with Gasteiger partial charge in [-0.25, -0.2) is 8.78 Å². The Labute approximate surface area is 154 Å². The lowest BCUT2D eigenvalue weighted by Crippen LogP contribution is -1.94. The summed E-state index contributed by atoms with van der Waals surface area (Å²) in [4.78, 5) is 3.51. The van der Waals surface area contributed by atoms with Crippen molar-refractivity contribution in [3.63, 3.8) is 0 Å². The molecule has 0 unspecified atom stereocenters. The molecule has 2 nitrogen and oxygen atoms in total. The summed E-state index contributed by atoms with van der Waals surface area (Å²) in [5.41, 5.74) is 2.40. The fourth-order valence-corrected chi connectivity index (χ4v) is 2.28. The van der Waals surface area contributed by atoms with E-state index in [9.17, 15) is 17.7 Å². The van der Waals surface area contributed by atoms with E-state index >= 15 is 0 Å². The monoisotopic (exact) mass is 378 g/mol. The average Bonchev–Trinajstić information content (AvgIpc) is 2.71. The van der Waals surface area contributed by atoms with E-state index in [1.54, 1.807) is 12.1 Å². The van der Waals surface area contributed by atoms with Gasteiger partial charge in [-0.3, -0.25) is 4.94 Å². The molecule has 0 aliphatic rings. The first-order valence-electron chi connectivity index (χ1n) is 8.02. The zero-order chi connectivity index (χ0) is 19.8. The Kier molecular flexibility index (Phi) is 7.23. The van der Waals surface area contributed by atoms with Gasteiger partial charge < -0.3 is 4.74 Å². The van der Waals surface area contributed by atoms with Crippen LogP contribution in [0.5, 0.6) is 11.5 Å². The quantitative estimate of drug-likeness (QED) is 0.491. The molecule has 0 heterocycles. The van der Waals surface area contributed by atoms with Crippen LogP contribution in [0.1, 0.15) is 11.1 Å². The highest BCUT2D eigenvalue weighted by Gasteiger charge is 2.15. The largest absolute Gasteiger partial charge is 0.494 e. The van der Waals surface area contributed by atoms with Gasteiger partial charge in [-0.15, -0.1) is 0 Å². The summed E-state index contributed by atoms with van der Waals surface area (Å²) in [5.74, 6) is -2.24. The summed E-state index contributed by atoms with van der Waals surface area (Å²) in [6, 6.07) is 15.6. The van der Waals surface area contributed by atoms with Crippen molar-refractivity contribution >= 4 is 0 Å². The normalized spacial score (nSPS) is 10.0. The van der Waals surface area contributed by atoms with Crippen LogP contribution in [0.25, 0.3) is 11.1 Å². The van der Waals surface area contributed by atoms with Gasteiger partial charge in [-0.1, -0.05) is 42.0 Å². The van der Waals surface area contributed by atoms with Crippen LogP contribution in [0, 0.1) is 18.6 Å². The van der Waals surface area contributed by atoms with Crippen LogP contribution in [0.3, 0.4) is 0 Å². The Morgan fingerprint density at radius 3 is 1.96 bits per heavy atom. The zero-order valence-electron chi connectivity index (χ0n) is 14.8. The maximum absolute atomic E-state index is 13.8. The maximum Gasteiger partial charge on any atom is 0.201 e. The highest BCUT2D eigenvalue weighted by molar-refractivity contribution is 5.66. The second-order valence-corrected chi connectivity index (χ2v) is 5.66. The van der Waals surface area contributed by atoms with E-state index in [0.717, 1.165) is 5.56 Å². The summed E-state index contributed by atoms with van der Waals surface area (Å²) in [7, 11) is 1.25. The molecule has 0 spiro atoms. The van der Waals surface area contributed by atoms with Crippen molar-refractivity contribution in [1.82, 2.24) is 0 Å². The van der Waals surface area contributed by atoms with Crippen LogP contribution < -0.4 is 9.68 Å². The van der Waals surface area contributed by atoms with Crippen molar-refractivity contribution < 1.29 is 27.4 Å². The number of benzene rings is 3. The van der Waals surface area contributed by atoms with E-state index in [-0.39, 0.29) is 23.7 Å². The molecule has 0 saturated heterocycles. The lowest BCUT2D eigenvalue weighted by atomic mass is 10.0. The molecule has 0 fully saturated rings. The molecule has 3 aromatic rings. The number of hydrogen-bond acceptors (Lipinski definition) is 2. The highest BCUT2D eigenvalue weighted by Crippen LogP contribution is 2.30. The first kappa shape index (κ1) is 20.3. The second kappa shape index (κ2) is 9.62. The lowest BCUT2D eigenvalue weighted by Gasteiger charge is -2.07. The predicted octanol–water partition coefficient (Wildman–Crippen LogP) is 6.37. The van der Waals surface area contributed by atoms with Crippen molar-refractivity contribution in [2.24, 2.45) is 0 Å². The summed E-state index contributed by atoms with van der Waals surface area (Å²) < 4.78 is 55.6. The molecule has 6 heteroatoms. The zero-order valence-corrected chi connectivity index (χ0v) is 14.8. The molecule has 0 bridgehead atoms. The van der Waals surface area contributed by atoms with Gasteiger partial charge in [0.2, 0.25) is 5.82 Å². The smallest absolute Gasteiger partial charge is 0.201 e. The van der Waals surface area contributed by atoms with Gasteiger partial charge >= 0.3 is 0 Å². The van der Waals surface area contributed by atoms with Crippen LogP contribution in [-0.4, -0.2) is 7.11 Å². The molecule has 0 aliphatic carbocycles. The molecule has 0 saturated carbocycles. The summed E-state index contributed by atoms with van der Waals surface area (Å²) in [5, 5.41) is 0. The highest BCUT2D eigenvalue weighted by atomic mass is 19.3. The van der Waals surface area contributed by atoms with Gasteiger partial charge in [0.25, 0.3) is 0 Å². The van der Waals surface area contributed by atoms with E-state index in [1.807, 2.05) is 19.1 Å². The fraction of sp³-hybridized carbons (Fsp3) is 0.143. The van der Waals surface area contributed by atoms with Crippen LogP contribution in [0.2, 0.25) is 0 Å². The van der Waals surface area contributed by atoms with Crippen molar-refractivity contribution in [3.05, 3.63) is 83.4 Å². The fourth-order valence-electron chi connectivity index (χ4n) is 2.28. The van der Waals surface area contributed by atoms with Crippen molar-refractivity contribution in [3.8, 4) is 22.6 Å². The third-order valence-corrected chi connectivity index (χ3v) is 3.80. The van der Waals surface area contributed by atoms with Gasteiger partial charge in [0, 0.05) is 10.1 Å². The van der Waals surface area contributed by atoms with E-state index < -0.39 is 11.6 Å². The number of ether oxygens (including phenoxy) is 1. The molecule has 3 rings (SSSR count). The third-order valence-electron chi connectivity index (χ3n) is 3.80. The first-order chi connectivity index (χ1) is 13.0. The summed E-state index contributed by atoms with van der Waals surface area (Å²) in [6.45, 7) is 1.63. The average molecular weight is 378 g/mol. The van der Waals surface area contributed by atoms with Gasteiger partial charge in [0.05, 0.1) is 7.11 Å². The SMILES string of the molecule is COc1ccc(-c2ccc(OF)cc2)c(F)c1F.Cc1ccc(CF)cc1. The van der Waals surface area contributed by atoms with Crippen molar-refractivity contribution in [1.29, 1.82) is 0 Å². The minimum Gasteiger partial charge on any atom is -0.494 e. The van der Waals surface area contributed by atoms with E-state index in [0.29, 0.717) is 5.56 Å². The lowest BCUT2D eigenvalue weighted by molar-refractivity contribution is -0.00618. The molecular weight excluding hydrogens is 360 g/mol. The maximum atomic E-state index is 13.8. The molecule has 0 amide bonds. The number of halogens is 4. The number of hydrogen-bond donors (Lipinski definition) is 0. The molecule has 0 N–H and O–H groups in total. The molecule has 0 aliphatic heterocycles. The van der Waals surface area contributed by atoms with Crippen molar-refractivity contribution in [2.45, 2.75) is 13.6 Å². The van der Waals surface area contributed by atoms with Gasteiger partial charge in [0.1, 0.15) is 6.67 Å². The van der Waals surface area contributed by atoms with Crippen molar-refractivity contribution in [2.75, 3.05) is 7.11 Å². The Bertz CT molecular complexity index is 863. The van der Waals surface area contributed by atoms with Crippen LogP contribution in [0.15, 0.2) is 60.7 Å². The standard InChI is InChI=1S/C13H9F3O2.C8H9F/c1-17-11-7-6-10(12(14)13(11)15)8-2-4-9(18-16)5-3-8;1-7-2-4-8(6-9)5-3-7/h2-7H,1H3;2-5H,6H2,1H3. The Morgan fingerprint density at radius 2 is 1.44 bits per heavy atom. The summed E-state index contributed by atoms with van der Waals surface area (Å²) in [6.07, 6.45) is 0. The molecule has 0 atom stereocenters. The third kappa shape index (κ3) is 5.23. The van der Waals surface area contributed by atoms with E-state index in [1.165, 1.54) is 49.1 Å². The molecule has 142 valence electrons. The number of rotatable bonds is 4. The molecule has 3 aromatic carbocycles. The predicted molar refractivity (Wildman–Crippen MR) is 96.1 cm³/mol. The molecule has 0 aromatic heterocycles. The molecule has 27 heavy (non-hydrogen) atoms. The van der Waals surface area contributed by atoms with Crippen LogP contribution >= 0.6 is 0 Å². The van der Waals surface area contributed by atoms with E-state index in [4.69, 9.17) is 0 Å². The number of methoxy groups -OCH3 is 1. The Balaban J connectivity index is 0.000000244. The Morgan fingerprint density at radius 1 is 0.815 bits per heavy atom. The van der Waals surface area contributed by atoms with Crippen LogP contribution in [0.4, 0.5) is 17.7 Å². The van der Waals surface area contributed by atoms with E-state index in [2.05, 4.69) is 9.68 Å². The number of alkyl halides is 1. The number of aryl methyl sites for hydroxylation is 1. The Hall–Kier alpha value is -3.02. The minimum atomic E-state index is -1.05. The van der Waals surface area contributed by atoms with Gasteiger partial charge in [0.15, 0.2) is 17.3 Å². The first-order valence-corrected chi connectivity index (χ1v) is 8.02. The molecular formula is C21H18F4O2. The topological polar surface area (TPSA) is 18.5 Å². The summed E-state index contributed by atoms with van der Waals surface area (Å²) >= 11 is 0. The van der Waals surface area contributed by atoms with Crippen LogP contribution in [-0.2, 0) is 6.67 Å². The second-order valence-electron chi connectivity index (χ2n) is 5.66. The van der Waals surface area contributed by atoms with Gasteiger partial charge in [-0.05, 0) is 42.3 Å². The van der Waals surface area contributed by atoms with Gasteiger partial charge in [-0.2, -0.15) is 4.39 Å².